The zero-order valence-corrected chi connectivity index (χ0v) is 15.5. The molecule has 0 atom stereocenters. The molecule has 0 saturated carbocycles. The molecule has 148 valence electrons. The standard InChI is InChI=1S/C18H14F5N3OS/c1-9(2)26-13(8-15(25-26)18(21,22)23)16-11(20)7-14(28-16)17(27)24-12-6-4-3-5-10(12)19/h3-9H,1-2H3,(H,24,27). The Kier molecular flexibility index (Phi) is 5.24. The molecule has 3 rings (SSSR count). The molecule has 0 unspecified atom stereocenters. The number of halogens is 5. The van der Waals surface area contributed by atoms with Gasteiger partial charge in [-0.25, -0.2) is 8.78 Å². The number of thiophene rings is 1. The predicted octanol–water partition coefficient (Wildman–Crippen LogP) is 5.74. The first-order valence-corrected chi connectivity index (χ1v) is 8.92. The first-order valence-electron chi connectivity index (χ1n) is 8.10. The summed E-state index contributed by atoms with van der Waals surface area (Å²) in [6.45, 7) is 3.21. The van der Waals surface area contributed by atoms with Crippen LogP contribution in [0.5, 0.6) is 0 Å². The molecule has 3 aromatic rings. The van der Waals surface area contributed by atoms with E-state index in [0.717, 1.165) is 22.9 Å². The highest BCUT2D eigenvalue weighted by molar-refractivity contribution is 7.17. The lowest BCUT2D eigenvalue weighted by Gasteiger charge is -2.09. The number of carbonyl (C=O) groups excluding carboxylic acids is 1. The second kappa shape index (κ2) is 7.34. The zero-order chi connectivity index (χ0) is 20.6. The van der Waals surface area contributed by atoms with Crippen LogP contribution in [0.1, 0.15) is 35.3 Å². The third kappa shape index (κ3) is 3.91. The topological polar surface area (TPSA) is 46.9 Å². The van der Waals surface area contributed by atoms with Crippen molar-refractivity contribution in [3.8, 4) is 10.6 Å². The van der Waals surface area contributed by atoms with Gasteiger partial charge in [-0.05, 0) is 38.1 Å². The molecule has 28 heavy (non-hydrogen) atoms. The van der Waals surface area contributed by atoms with E-state index >= 15 is 0 Å². The predicted molar refractivity (Wildman–Crippen MR) is 95.2 cm³/mol. The number of aromatic nitrogens is 2. The molecule has 10 heteroatoms. The molecule has 0 fully saturated rings. The fourth-order valence-corrected chi connectivity index (χ4v) is 3.44. The van der Waals surface area contributed by atoms with Crippen LogP contribution in [0.25, 0.3) is 10.6 Å². The molecule has 0 aliphatic heterocycles. The maximum Gasteiger partial charge on any atom is 0.435 e. The first kappa shape index (κ1) is 20.0. The minimum atomic E-state index is -4.69. The Morgan fingerprint density at radius 1 is 1.14 bits per heavy atom. The van der Waals surface area contributed by atoms with Crippen LogP contribution in [0.2, 0.25) is 0 Å². The Hall–Kier alpha value is -2.75. The molecule has 0 saturated heterocycles. The Morgan fingerprint density at radius 3 is 2.43 bits per heavy atom. The van der Waals surface area contributed by atoms with Crippen molar-refractivity contribution in [2.75, 3.05) is 5.32 Å². The van der Waals surface area contributed by atoms with E-state index in [0.29, 0.717) is 11.3 Å². The van der Waals surface area contributed by atoms with Gasteiger partial charge in [0, 0.05) is 6.04 Å². The number of rotatable bonds is 4. The van der Waals surface area contributed by atoms with E-state index in [1.807, 2.05) is 0 Å². The summed E-state index contributed by atoms with van der Waals surface area (Å²) in [6, 6.07) is 6.62. The third-order valence-corrected chi connectivity index (χ3v) is 4.91. The number of hydrogen-bond donors (Lipinski definition) is 1. The Labute approximate surface area is 160 Å². The SMILES string of the molecule is CC(C)n1nc(C(F)(F)F)cc1-c1sc(C(=O)Nc2ccccc2F)cc1F. The largest absolute Gasteiger partial charge is 0.435 e. The molecular formula is C18H14F5N3OS. The van der Waals surface area contributed by atoms with Gasteiger partial charge in [-0.1, -0.05) is 12.1 Å². The average Bonchev–Trinajstić information content (AvgIpc) is 3.20. The number of nitrogens with one attached hydrogen (secondary N) is 1. The Morgan fingerprint density at radius 2 is 1.82 bits per heavy atom. The number of nitrogens with zero attached hydrogens (tertiary/aromatic N) is 2. The van der Waals surface area contributed by atoms with Crippen LogP contribution in [0.3, 0.4) is 0 Å². The first-order chi connectivity index (χ1) is 13.1. The van der Waals surface area contributed by atoms with Gasteiger partial charge in [-0.3, -0.25) is 9.48 Å². The van der Waals surface area contributed by atoms with Gasteiger partial charge in [0.1, 0.15) is 11.6 Å². The molecule has 1 amide bonds. The lowest BCUT2D eigenvalue weighted by atomic mass is 10.2. The zero-order valence-electron chi connectivity index (χ0n) is 14.6. The molecule has 0 radical (unpaired) electrons. The van der Waals surface area contributed by atoms with E-state index in [4.69, 9.17) is 0 Å². The number of amides is 1. The van der Waals surface area contributed by atoms with Crippen LogP contribution >= 0.6 is 11.3 Å². The van der Waals surface area contributed by atoms with E-state index in [-0.39, 0.29) is 21.1 Å². The van der Waals surface area contributed by atoms with Crippen molar-refractivity contribution in [2.24, 2.45) is 0 Å². The summed E-state index contributed by atoms with van der Waals surface area (Å²) in [7, 11) is 0. The number of carbonyl (C=O) groups is 1. The van der Waals surface area contributed by atoms with Gasteiger partial charge in [0.05, 0.1) is 21.1 Å². The van der Waals surface area contributed by atoms with Crippen molar-refractivity contribution >= 4 is 22.9 Å². The summed E-state index contributed by atoms with van der Waals surface area (Å²) < 4.78 is 68.2. The van der Waals surface area contributed by atoms with Gasteiger partial charge < -0.3 is 5.32 Å². The van der Waals surface area contributed by atoms with Gasteiger partial charge in [0.25, 0.3) is 5.91 Å². The maximum atomic E-state index is 14.5. The lowest BCUT2D eigenvalue weighted by Crippen LogP contribution is -2.11. The molecule has 2 heterocycles. The summed E-state index contributed by atoms with van der Waals surface area (Å²) in [5.41, 5.74) is -1.33. The molecule has 0 aliphatic rings. The quantitative estimate of drug-likeness (QED) is 0.552. The van der Waals surface area contributed by atoms with Gasteiger partial charge in [-0.2, -0.15) is 18.3 Å². The van der Waals surface area contributed by atoms with Crippen molar-refractivity contribution in [3.05, 3.63) is 58.6 Å². The van der Waals surface area contributed by atoms with E-state index in [9.17, 15) is 26.7 Å². The highest BCUT2D eigenvalue weighted by atomic mass is 32.1. The van der Waals surface area contributed by atoms with E-state index in [2.05, 4.69) is 10.4 Å². The number of para-hydroxylation sites is 1. The van der Waals surface area contributed by atoms with Crippen molar-refractivity contribution < 1.29 is 26.7 Å². The molecule has 0 spiro atoms. The summed E-state index contributed by atoms with van der Waals surface area (Å²) in [5.74, 6) is -2.30. The second-order valence-corrected chi connectivity index (χ2v) is 7.22. The summed E-state index contributed by atoms with van der Waals surface area (Å²) >= 11 is 0.664. The summed E-state index contributed by atoms with van der Waals surface area (Å²) in [5, 5.41) is 5.83. The number of benzene rings is 1. The molecule has 4 nitrogen and oxygen atoms in total. The van der Waals surface area contributed by atoms with Crippen LogP contribution in [0.15, 0.2) is 36.4 Å². The molecule has 1 aromatic carbocycles. The van der Waals surface area contributed by atoms with Gasteiger partial charge in [0.2, 0.25) is 0 Å². The van der Waals surface area contributed by atoms with Crippen LogP contribution in [-0.2, 0) is 6.18 Å². The van der Waals surface area contributed by atoms with Crippen molar-refractivity contribution in [3.63, 3.8) is 0 Å². The van der Waals surface area contributed by atoms with Crippen molar-refractivity contribution in [1.29, 1.82) is 0 Å². The van der Waals surface area contributed by atoms with Crippen LogP contribution in [-0.4, -0.2) is 15.7 Å². The summed E-state index contributed by atoms with van der Waals surface area (Å²) in [6.07, 6.45) is -4.69. The van der Waals surface area contributed by atoms with Crippen LogP contribution in [0, 0.1) is 11.6 Å². The molecule has 1 N–H and O–H groups in total. The summed E-state index contributed by atoms with van der Waals surface area (Å²) in [4.78, 5) is 12.0. The maximum absolute atomic E-state index is 14.5. The molecular weight excluding hydrogens is 401 g/mol. The highest BCUT2D eigenvalue weighted by Crippen LogP contribution is 2.37. The van der Waals surface area contributed by atoms with E-state index in [1.165, 1.54) is 18.2 Å². The van der Waals surface area contributed by atoms with Gasteiger partial charge >= 0.3 is 6.18 Å². The van der Waals surface area contributed by atoms with Gasteiger partial charge in [0.15, 0.2) is 5.69 Å². The lowest BCUT2D eigenvalue weighted by molar-refractivity contribution is -0.141. The fraction of sp³-hybridized carbons (Fsp3) is 0.222. The second-order valence-electron chi connectivity index (χ2n) is 6.17. The number of anilines is 1. The minimum absolute atomic E-state index is 0.0882. The molecule has 0 aliphatic carbocycles. The highest BCUT2D eigenvalue weighted by Gasteiger charge is 2.36. The Bertz CT molecular complexity index is 1020. The Balaban J connectivity index is 1.98. The van der Waals surface area contributed by atoms with Crippen LogP contribution < -0.4 is 5.32 Å². The monoisotopic (exact) mass is 415 g/mol. The fourth-order valence-electron chi connectivity index (χ4n) is 2.50. The third-order valence-electron chi connectivity index (χ3n) is 3.78. The smallest absolute Gasteiger partial charge is 0.319 e. The number of hydrogen-bond acceptors (Lipinski definition) is 3. The molecule has 2 aromatic heterocycles. The van der Waals surface area contributed by atoms with Crippen molar-refractivity contribution in [2.45, 2.75) is 26.1 Å². The number of alkyl halides is 3. The van der Waals surface area contributed by atoms with Crippen LogP contribution in [0.4, 0.5) is 27.6 Å². The molecule has 0 bridgehead atoms. The van der Waals surface area contributed by atoms with E-state index in [1.54, 1.807) is 13.8 Å². The normalized spacial score (nSPS) is 11.9. The van der Waals surface area contributed by atoms with E-state index < -0.39 is 35.5 Å². The minimum Gasteiger partial charge on any atom is -0.319 e. The average molecular weight is 415 g/mol. The van der Waals surface area contributed by atoms with Crippen molar-refractivity contribution in [1.82, 2.24) is 9.78 Å². The van der Waals surface area contributed by atoms with Gasteiger partial charge in [-0.15, -0.1) is 11.3 Å².